The van der Waals surface area contributed by atoms with Crippen LogP contribution < -0.4 is 14.8 Å². The lowest BCUT2D eigenvalue weighted by Crippen LogP contribution is -2.21. The Hall–Kier alpha value is -1.22. The first-order valence-corrected chi connectivity index (χ1v) is 6.98. The average Bonchev–Trinajstić information content (AvgIpc) is 2.78. The predicted molar refractivity (Wildman–Crippen MR) is 73.4 cm³/mol. The molecule has 1 aromatic rings. The summed E-state index contributed by atoms with van der Waals surface area (Å²) in [6.45, 7) is 6.79. The first-order valence-electron chi connectivity index (χ1n) is 6.98. The minimum absolute atomic E-state index is 0.333. The van der Waals surface area contributed by atoms with Crippen LogP contribution >= 0.6 is 0 Å². The van der Waals surface area contributed by atoms with E-state index in [1.807, 2.05) is 12.1 Å². The van der Waals surface area contributed by atoms with Crippen LogP contribution in [-0.4, -0.2) is 19.8 Å². The molecule has 0 aliphatic carbocycles. The molecule has 0 saturated heterocycles. The van der Waals surface area contributed by atoms with Gasteiger partial charge >= 0.3 is 0 Å². The van der Waals surface area contributed by atoms with Crippen molar-refractivity contribution in [3.8, 4) is 11.5 Å². The number of hydrogen-bond acceptors (Lipinski definition) is 3. The van der Waals surface area contributed by atoms with E-state index >= 15 is 0 Å². The Kier molecular flexibility index (Phi) is 4.88. The molecule has 0 aromatic heterocycles. The number of likely N-dealkylation sites (N-methyl/N-ethyl adjacent to an activating group) is 1. The van der Waals surface area contributed by atoms with Crippen molar-refractivity contribution in [2.75, 3.05) is 19.8 Å². The van der Waals surface area contributed by atoms with Gasteiger partial charge in [0.2, 0.25) is 0 Å². The third-order valence-corrected chi connectivity index (χ3v) is 3.23. The summed E-state index contributed by atoms with van der Waals surface area (Å²) in [6, 6.07) is 6.51. The molecule has 1 aliphatic heterocycles. The monoisotopic (exact) mass is 249 g/mol. The van der Waals surface area contributed by atoms with Gasteiger partial charge in [0.05, 0.1) is 12.6 Å². The van der Waals surface area contributed by atoms with Crippen molar-refractivity contribution >= 4 is 0 Å². The highest BCUT2D eigenvalue weighted by Crippen LogP contribution is 2.35. The minimum Gasteiger partial charge on any atom is -0.493 e. The highest BCUT2D eigenvalue weighted by atomic mass is 16.5. The average molecular weight is 249 g/mol. The number of hydrogen-bond donors (Lipinski definition) is 1. The molecule has 1 heterocycles. The molecule has 1 aromatic carbocycles. The summed E-state index contributed by atoms with van der Waals surface area (Å²) in [7, 11) is 0. The minimum atomic E-state index is 0.333. The molecular weight excluding hydrogens is 226 g/mol. The van der Waals surface area contributed by atoms with E-state index in [0.29, 0.717) is 6.04 Å². The van der Waals surface area contributed by atoms with Crippen LogP contribution in [0.25, 0.3) is 0 Å². The summed E-state index contributed by atoms with van der Waals surface area (Å²) in [5.74, 6) is 1.89. The van der Waals surface area contributed by atoms with Gasteiger partial charge < -0.3 is 14.8 Å². The van der Waals surface area contributed by atoms with Crippen molar-refractivity contribution in [3.05, 3.63) is 23.8 Å². The van der Waals surface area contributed by atoms with E-state index in [2.05, 4.69) is 25.2 Å². The van der Waals surface area contributed by atoms with Crippen molar-refractivity contribution in [1.82, 2.24) is 5.32 Å². The number of unbranched alkanes of at least 4 members (excludes halogenated alkanes) is 2. The summed E-state index contributed by atoms with van der Waals surface area (Å²) < 4.78 is 11.4. The lowest BCUT2D eigenvalue weighted by molar-refractivity contribution is 0.298. The Morgan fingerprint density at radius 1 is 1.33 bits per heavy atom. The van der Waals surface area contributed by atoms with Gasteiger partial charge in [-0.2, -0.15) is 0 Å². The van der Waals surface area contributed by atoms with E-state index < -0.39 is 0 Å². The standard InChI is InChI=1S/C15H23NO2/c1-3-5-6-9-17-12-7-8-13-14(16-4-2)11-18-15(13)10-12/h7-8,10,14,16H,3-6,9,11H2,1-2H3. The molecule has 0 fully saturated rings. The second-order valence-electron chi connectivity index (χ2n) is 4.68. The summed E-state index contributed by atoms with van der Waals surface area (Å²) in [5.41, 5.74) is 1.25. The first-order chi connectivity index (χ1) is 8.85. The third kappa shape index (κ3) is 3.16. The van der Waals surface area contributed by atoms with Gasteiger partial charge in [-0.05, 0) is 25.1 Å². The molecule has 1 unspecified atom stereocenters. The fourth-order valence-electron chi connectivity index (χ4n) is 2.24. The molecule has 1 N–H and O–H groups in total. The smallest absolute Gasteiger partial charge is 0.127 e. The lowest BCUT2D eigenvalue weighted by Gasteiger charge is -2.10. The quantitative estimate of drug-likeness (QED) is 0.752. The van der Waals surface area contributed by atoms with Crippen molar-refractivity contribution in [1.29, 1.82) is 0 Å². The summed E-state index contributed by atoms with van der Waals surface area (Å²) >= 11 is 0. The SMILES string of the molecule is CCCCCOc1ccc2c(c1)OCC2NCC. The Labute approximate surface area is 109 Å². The van der Waals surface area contributed by atoms with E-state index in [1.54, 1.807) is 0 Å². The molecule has 3 nitrogen and oxygen atoms in total. The van der Waals surface area contributed by atoms with Gasteiger partial charge in [0.15, 0.2) is 0 Å². The largest absolute Gasteiger partial charge is 0.493 e. The van der Waals surface area contributed by atoms with Crippen molar-refractivity contribution < 1.29 is 9.47 Å². The molecule has 0 radical (unpaired) electrons. The van der Waals surface area contributed by atoms with Gasteiger partial charge in [-0.15, -0.1) is 0 Å². The Bertz CT molecular complexity index is 379. The Balaban J connectivity index is 1.92. The maximum absolute atomic E-state index is 5.73. The zero-order valence-electron chi connectivity index (χ0n) is 11.4. The zero-order chi connectivity index (χ0) is 12.8. The zero-order valence-corrected chi connectivity index (χ0v) is 11.4. The van der Waals surface area contributed by atoms with Crippen LogP contribution in [0.2, 0.25) is 0 Å². The van der Waals surface area contributed by atoms with E-state index in [9.17, 15) is 0 Å². The summed E-state index contributed by atoms with van der Waals surface area (Å²) in [4.78, 5) is 0. The summed E-state index contributed by atoms with van der Waals surface area (Å²) in [6.07, 6.45) is 3.57. The van der Waals surface area contributed by atoms with Crippen molar-refractivity contribution in [2.24, 2.45) is 0 Å². The second kappa shape index (κ2) is 6.64. The van der Waals surface area contributed by atoms with E-state index in [-0.39, 0.29) is 0 Å². The molecule has 3 heteroatoms. The van der Waals surface area contributed by atoms with Crippen molar-refractivity contribution in [3.63, 3.8) is 0 Å². The number of nitrogens with one attached hydrogen (secondary N) is 1. The fourth-order valence-corrected chi connectivity index (χ4v) is 2.24. The maximum Gasteiger partial charge on any atom is 0.127 e. The van der Waals surface area contributed by atoms with E-state index in [0.717, 1.165) is 37.7 Å². The Morgan fingerprint density at radius 2 is 2.22 bits per heavy atom. The van der Waals surface area contributed by atoms with Gasteiger partial charge in [-0.25, -0.2) is 0 Å². The van der Waals surface area contributed by atoms with Crippen LogP contribution in [0, 0.1) is 0 Å². The van der Waals surface area contributed by atoms with Gasteiger partial charge in [0.25, 0.3) is 0 Å². The highest BCUT2D eigenvalue weighted by molar-refractivity contribution is 5.45. The van der Waals surface area contributed by atoms with Crippen LogP contribution in [0.3, 0.4) is 0 Å². The van der Waals surface area contributed by atoms with Crippen LogP contribution in [0.15, 0.2) is 18.2 Å². The molecule has 1 aliphatic rings. The first kappa shape index (κ1) is 13.2. The van der Waals surface area contributed by atoms with Gasteiger partial charge in [0.1, 0.15) is 18.1 Å². The molecule has 1 atom stereocenters. The summed E-state index contributed by atoms with van der Waals surface area (Å²) in [5, 5.41) is 3.41. The topological polar surface area (TPSA) is 30.5 Å². The molecular formula is C15H23NO2. The Morgan fingerprint density at radius 3 is 3.00 bits per heavy atom. The molecule has 0 amide bonds. The van der Waals surface area contributed by atoms with Crippen LogP contribution in [0.4, 0.5) is 0 Å². The number of benzene rings is 1. The van der Waals surface area contributed by atoms with Crippen molar-refractivity contribution in [2.45, 2.75) is 39.2 Å². The van der Waals surface area contributed by atoms with Gasteiger partial charge in [-0.3, -0.25) is 0 Å². The van der Waals surface area contributed by atoms with Crippen LogP contribution in [-0.2, 0) is 0 Å². The number of rotatable bonds is 7. The van der Waals surface area contributed by atoms with E-state index in [4.69, 9.17) is 9.47 Å². The lowest BCUT2D eigenvalue weighted by atomic mass is 10.1. The molecule has 100 valence electrons. The van der Waals surface area contributed by atoms with Gasteiger partial charge in [-0.1, -0.05) is 26.7 Å². The normalized spacial score (nSPS) is 17.3. The maximum atomic E-state index is 5.73. The highest BCUT2D eigenvalue weighted by Gasteiger charge is 2.23. The van der Waals surface area contributed by atoms with Gasteiger partial charge in [0, 0.05) is 11.6 Å². The van der Waals surface area contributed by atoms with E-state index in [1.165, 1.54) is 18.4 Å². The third-order valence-electron chi connectivity index (χ3n) is 3.23. The molecule has 18 heavy (non-hydrogen) atoms. The fraction of sp³-hybridized carbons (Fsp3) is 0.600. The predicted octanol–water partition coefficient (Wildman–Crippen LogP) is 3.30. The van der Waals surface area contributed by atoms with Crippen LogP contribution in [0.5, 0.6) is 11.5 Å². The number of ether oxygens (including phenoxy) is 2. The molecule has 2 rings (SSSR count). The molecule has 0 saturated carbocycles. The van der Waals surface area contributed by atoms with Crippen LogP contribution in [0.1, 0.15) is 44.7 Å². The molecule has 0 bridgehead atoms. The molecule has 0 spiro atoms. The second-order valence-corrected chi connectivity index (χ2v) is 4.68. The number of fused-ring (bicyclic) bond motifs is 1.